The molecule has 0 aromatic heterocycles. The van der Waals surface area contributed by atoms with Gasteiger partial charge in [-0.3, -0.25) is 4.79 Å². The summed E-state index contributed by atoms with van der Waals surface area (Å²) in [7, 11) is 3.06. The summed E-state index contributed by atoms with van der Waals surface area (Å²) in [6, 6.07) is 6.59. The molecule has 0 N–H and O–H groups in total. The number of hydrogen-bond donors (Lipinski definition) is 0. The Kier molecular flexibility index (Phi) is 7.40. The maximum absolute atomic E-state index is 12.0. The number of esters is 1. The average molecular weight is 320 g/mol. The number of amides is 1. The predicted octanol–water partition coefficient (Wildman–Crippen LogP) is 1.62. The molecule has 0 heterocycles. The monoisotopic (exact) mass is 320 g/mol. The number of nitrogens with zero attached hydrogens (tertiary/aromatic N) is 2. The summed E-state index contributed by atoms with van der Waals surface area (Å²) in [5.74, 6) is -0.0552. The zero-order valence-electron chi connectivity index (χ0n) is 13.5. The Morgan fingerprint density at radius 1 is 1.30 bits per heavy atom. The lowest BCUT2D eigenvalue weighted by molar-refractivity contribution is -0.133. The quantitative estimate of drug-likeness (QED) is 0.676. The number of ether oxygens (including phenoxy) is 3. The summed E-state index contributed by atoms with van der Waals surface area (Å²) in [6.07, 6.45) is 0.229. The molecule has 0 bridgehead atoms. The average Bonchev–Trinajstić information content (AvgIpc) is 2.57. The van der Waals surface area contributed by atoms with Gasteiger partial charge in [-0.05, 0) is 25.1 Å². The second-order valence-corrected chi connectivity index (χ2v) is 4.60. The molecule has 1 rings (SSSR count). The fourth-order valence-electron chi connectivity index (χ4n) is 1.74. The van der Waals surface area contributed by atoms with E-state index < -0.39 is 5.97 Å². The Morgan fingerprint density at radius 2 is 2.04 bits per heavy atom. The van der Waals surface area contributed by atoms with Crippen molar-refractivity contribution in [2.45, 2.75) is 13.3 Å². The first-order valence-electron chi connectivity index (χ1n) is 7.12. The molecule has 0 aliphatic rings. The second-order valence-electron chi connectivity index (χ2n) is 4.60. The topological polar surface area (TPSA) is 88.9 Å². The van der Waals surface area contributed by atoms with Gasteiger partial charge in [-0.2, -0.15) is 5.26 Å². The Morgan fingerprint density at radius 3 is 2.65 bits per heavy atom. The molecule has 0 atom stereocenters. The Hall–Kier alpha value is -2.75. The van der Waals surface area contributed by atoms with E-state index in [0.29, 0.717) is 24.7 Å². The molecule has 0 saturated heterocycles. The number of rotatable bonds is 8. The standard InChI is InChI=1S/C16H20N2O5/c1-4-22-14-10-12(6-7-13(14)21-3)16(20)23-11-15(19)18(2)9-5-8-17/h6-7,10H,4-5,9,11H2,1-3H3. The molecule has 124 valence electrons. The Balaban J connectivity index is 2.66. The number of nitriles is 1. The first kappa shape index (κ1) is 18.3. The predicted molar refractivity (Wildman–Crippen MR) is 82.3 cm³/mol. The van der Waals surface area contributed by atoms with Gasteiger partial charge in [0.05, 0.1) is 31.8 Å². The van der Waals surface area contributed by atoms with Gasteiger partial charge in [-0.15, -0.1) is 0 Å². The smallest absolute Gasteiger partial charge is 0.338 e. The van der Waals surface area contributed by atoms with Crippen molar-refractivity contribution in [1.29, 1.82) is 5.26 Å². The largest absolute Gasteiger partial charge is 0.493 e. The third-order valence-corrected chi connectivity index (χ3v) is 3.01. The van der Waals surface area contributed by atoms with Crippen LogP contribution in [-0.2, 0) is 9.53 Å². The van der Waals surface area contributed by atoms with E-state index in [-0.39, 0.29) is 24.5 Å². The maximum Gasteiger partial charge on any atom is 0.338 e. The fraction of sp³-hybridized carbons (Fsp3) is 0.438. The third kappa shape index (κ3) is 5.51. The van der Waals surface area contributed by atoms with Crippen molar-refractivity contribution in [2.24, 2.45) is 0 Å². The van der Waals surface area contributed by atoms with Crippen LogP contribution in [0.3, 0.4) is 0 Å². The van der Waals surface area contributed by atoms with Crippen LogP contribution in [0.15, 0.2) is 18.2 Å². The summed E-state index contributed by atoms with van der Waals surface area (Å²) in [6.45, 7) is 2.16. The minimum Gasteiger partial charge on any atom is -0.493 e. The van der Waals surface area contributed by atoms with Crippen molar-refractivity contribution in [2.75, 3.05) is 33.9 Å². The maximum atomic E-state index is 12.0. The van der Waals surface area contributed by atoms with Gasteiger partial charge in [0.2, 0.25) is 0 Å². The molecule has 0 spiro atoms. The molecule has 23 heavy (non-hydrogen) atoms. The highest BCUT2D eigenvalue weighted by Crippen LogP contribution is 2.28. The molecule has 0 aliphatic heterocycles. The van der Waals surface area contributed by atoms with E-state index in [1.807, 2.05) is 13.0 Å². The first-order chi connectivity index (χ1) is 11.0. The summed E-state index contributed by atoms with van der Waals surface area (Å²) in [4.78, 5) is 25.1. The van der Waals surface area contributed by atoms with E-state index in [2.05, 4.69) is 0 Å². The minimum atomic E-state index is -0.629. The van der Waals surface area contributed by atoms with Crippen molar-refractivity contribution in [3.05, 3.63) is 23.8 Å². The summed E-state index contributed by atoms with van der Waals surface area (Å²) >= 11 is 0. The lowest BCUT2D eigenvalue weighted by Crippen LogP contribution is -2.31. The van der Waals surface area contributed by atoms with Crippen LogP contribution in [0.5, 0.6) is 11.5 Å². The molecule has 1 aromatic rings. The molecule has 0 aliphatic carbocycles. The molecule has 0 fully saturated rings. The van der Waals surface area contributed by atoms with E-state index in [4.69, 9.17) is 19.5 Å². The summed E-state index contributed by atoms with van der Waals surface area (Å²) < 4.78 is 15.5. The molecular formula is C16H20N2O5. The third-order valence-electron chi connectivity index (χ3n) is 3.01. The first-order valence-corrected chi connectivity index (χ1v) is 7.12. The lowest BCUT2D eigenvalue weighted by atomic mass is 10.2. The zero-order valence-corrected chi connectivity index (χ0v) is 13.5. The van der Waals surface area contributed by atoms with E-state index in [0.717, 1.165) is 0 Å². The number of carbonyl (C=O) groups is 2. The van der Waals surface area contributed by atoms with E-state index >= 15 is 0 Å². The van der Waals surface area contributed by atoms with Gasteiger partial charge in [0.1, 0.15) is 0 Å². The molecular weight excluding hydrogens is 300 g/mol. The number of benzene rings is 1. The number of likely N-dealkylation sites (N-methyl/N-ethyl adjacent to an activating group) is 1. The van der Waals surface area contributed by atoms with Crippen molar-refractivity contribution in [3.63, 3.8) is 0 Å². The van der Waals surface area contributed by atoms with Gasteiger partial charge < -0.3 is 19.1 Å². The van der Waals surface area contributed by atoms with Crippen molar-refractivity contribution < 1.29 is 23.8 Å². The van der Waals surface area contributed by atoms with E-state index in [9.17, 15) is 9.59 Å². The van der Waals surface area contributed by atoms with Gasteiger partial charge in [0.15, 0.2) is 18.1 Å². The van der Waals surface area contributed by atoms with E-state index in [1.165, 1.54) is 24.1 Å². The molecule has 7 heteroatoms. The van der Waals surface area contributed by atoms with E-state index in [1.54, 1.807) is 13.1 Å². The van der Waals surface area contributed by atoms with Crippen LogP contribution in [0.1, 0.15) is 23.7 Å². The Bertz CT molecular complexity index is 595. The number of carbonyl (C=O) groups excluding carboxylic acids is 2. The molecule has 0 unspecified atom stereocenters. The van der Waals surface area contributed by atoms with Crippen LogP contribution in [0.25, 0.3) is 0 Å². The van der Waals surface area contributed by atoms with Gasteiger partial charge >= 0.3 is 5.97 Å². The highest BCUT2D eigenvalue weighted by Gasteiger charge is 2.15. The molecule has 7 nitrogen and oxygen atoms in total. The fourth-order valence-corrected chi connectivity index (χ4v) is 1.74. The zero-order chi connectivity index (χ0) is 17.2. The number of hydrogen-bond acceptors (Lipinski definition) is 6. The van der Waals surface area contributed by atoms with Crippen LogP contribution in [0, 0.1) is 11.3 Å². The molecule has 0 saturated carbocycles. The number of methoxy groups -OCH3 is 1. The van der Waals surface area contributed by atoms with Gasteiger partial charge in [0.25, 0.3) is 5.91 Å². The van der Waals surface area contributed by atoms with Gasteiger partial charge in [-0.25, -0.2) is 4.79 Å². The molecule has 0 radical (unpaired) electrons. The van der Waals surface area contributed by atoms with Crippen LogP contribution < -0.4 is 9.47 Å². The van der Waals surface area contributed by atoms with Gasteiger partial charge in [-0.1, -0.05) is 0 Å². The van der Waals surface area contributed by atoms with Crippen LogP contribution in [0.4, 0.5) is 0 Å². The highest BCUT2D eigenvalue weighted by molar-refractivity contribution is 5.92. The minimum absolute atomic E-state index is 0.229. The Labute approximate surface area is 135 Å². The summed E-state index contributed by atoms with van der Waals surface area (Å²) in [5, 5.41) is 8.48. The molecule has 1 aromatic carbocycles. The lowest BCUT2D eigenvalue weighted by Gasteiger charge is -2.15. The van der Waals surface area contributed by atoms with Gasteiger partial charge in [0, 0.05) is 13.6 Å². The van der Waals surface area contributed by atoms with Crippen LogP contribution >= 0.6 is 0 Å². The highest BCUT2D eigenvalue weighted by atomic mass is 16.5. The second kappa shape index (κ2) is 9.30. The van der Waals surface area contributed by atoms with Crippen LogP contribution in [-0.4, -0.2) is 50.7 Å². The molecule has 1 amide bonds. The normalized spacial score (nSPS) is 9.65. The van der Waals surface area contributed by atoms with Crippen molar-refractivity contribution in [3.8, 4) is 17.6 Å². The SMILES string of the molecule is CCOc1cc(C(=O)OCC(=O)N(C)CCC#N)ccc1OC. The van der Waals surface area contributed by atoms with Crippen molar-refractivity contribution >= 4 is 11.9 Å². The van der Waals surface area contributed by atoms with Crippen LogP contribution in [0.2, 0.25) is 0 Å². The van der Waals surface area contributed by atoms with Crippen molar-refractivity contribution in [1.82, 2.24) is 4.90 Å². The summed E-state index contributed by atoms with van der Waals surface area (Å²) in [5.41, 5.74) is 0.265.